The lowest BCUT2D eigenvalue weighted by atomic mass is 10.1. The minimum absolute atomic E-state index is 0.00439. The fourth-order valence-electron chi connectivity index (χ4n) is 3.59. The van der Waals surface area contributed by atoms with E-state index in [1.165, 1.54) is 23.7 Å². The molecule has 1 aliphatic rings. The van der Waals surface area contributed by atoms with Crippen molar-refractivity contribution in [2.75, 3.05) is 12.4 Å². The number of rotatable bonds is 5. The summed E-state index contributed by atoms with van der Waals surface area (Å²) in [5, 5.41) is 8.74. The minimum Gasteiger partial charge on any atom is -0.325 e. The van der Waals surface area contributed by atoms with Crippen molar-refractivity contribution in [1.29, 1.82) is 0 Å². The molecule has 13 heteroatoms. The van der Waals surface area contributed by atoms with Gasteiger partial charge in [-0.05, 0) is 30.2 Å². The first kappa shape index (κ1) is 23.1. The van der Waals surface area contributed by atoms with E-state index < -0.39 is 39.7 Å². The highest BCUT2D eigenvalue weighted by atomic mass is 35.5. The number of anilines is 1. The number of H-pyrrole nitrogens is 1. The van der Waals surface area contributed by atoms with Crippen molar-refractivity contribution in [3.63, 3.8) is 0 Å². The van der Waals surface area contributed by atoms with E-state index in [0.717, 1.165) is 15.9 Å². The number of nitrogens with one attached hydrogen (secondary N) is 3. The number of carbonyl (C=O) groups is 1. The molecule has 0 bridgehead atoms. The van der Waals surface area contributed by atoms with Gasteiger partial charge in [0.15, 0.2) is 5.82 Å². The molecule has 174 valence electrons. The van der Waals surface area contributed by atoms with E-state index in [0.29, 0.717) is 0 Å². The van der Waals surface area contributed by atoms with Crippen molar-refractivity contribution < 1.29 is 17.6 Å². The average molecular weight is 495 g/mol. The smallest absolute Gasteiger partial charge is 0.325 e. The van der Waals surface area contributed by atoms with Crippen LogP contribution in [0.5, 0.6) is 0 Å². The molecule has 1 aliphatic heterocycles. The van der Waals surface area contributed by atoms with Crippen LogP contribution in [0.1, 0.15) is 23.9 Å². The largest absolute Gasteiger partial charge is 0.343 e. The van der Waals surface area contributed by atoms with Gasteiger partial charge in [0.05, 0.1) is 17.6 Å². The van der Waals surface area contributed by atoms with Crippen molar-refractivity contribution in [2.24, 2.45) is 0 Å². The van der Waals surface area contributed by atoms with Crippen LogP contribution in [0.15, 0.2) is 53.3 Å². The van der Waals surface area contributed by atoms with Crippen molar-refractivity contribution in [3.05, 3.63) is 81.2 Å². The number of likely N-dealkylation sites (N-methyl/N-ethyl adjacent to an activating group) is 1. The zero-order valence-electron chi connectivity index (χ0n) is 17.3. The lowest BCUT2D eigenvalue weighted by Crippen LogP contribution is -2.56. The summed E-state index contributed by atoms with van der Waals surface area (Å²) in [4.78, 5) is 25.3. The molecule has 10 nitrogen and oxygen atoms in total. The van der Waals surface area contributed by atoms with Crippen LogP contribution in [0.4, 0.5) is 10.1 Å². The molecular formula is C20H20ClFN6O4S. The van der Waals surface area contributed by atoms with Crippen molar-refractivity contribution in [1.82, 2.24) is 23.8 Å². The molecule has 2 atom stereocenters. The van der Waals surface area contributed by atoms with E-state index >= 15 is 0 Å². The lowest BCUT2D eigenvalue weighted by molar-refractivity contribution is -0.120. The van der Waals surface area contributed by atoms with Crippen molar-refractivity contribution >= 4 is 33.4 Å². The van der Waals surface area contributed by atoms with Gasteiger partial charge < -0.3 is 5.32 Å². The van der Waals surface area contributed by atoms with E-state index in [9.17, 15) is 22.4 Å². The molecule has 0 radical (unpaired) electrons. The summed E-state index contributed by atoms with van der Waals surface area (Å²) in [7, 11) is -2.81. The van der Waals surface area contributed by atoms with Crippen LogP contribution in [-0.2, 0) is 21.5 Å². The van der Waals surface area contributed by atoms with Gasteiger partial charge in [0.1, 0.15) is 11.9 Å². The predicted octanol–water partition coefficient (Wildman–Crippen LogP) is 1.63. The Kier molecular flexibility index (Phi) is 6.34. The molecule has 2 aromatic carbocycles. The molecule has 1 aromatic heterocycles. The van der Waals surface area contributed by atoms with Crippen LogP contribution in [0.2, 0.25) is 5.02 Å². The summed E-state index contributed by atoms with van der Waals surface area (Å²) >= 11 is 5.76. The van der Waals surface area contributed by atoms with Gasteiger partial charge in [-0.15, -0.1) is 0 Å². The number of benzene rings is 2. The SMILES string of the molecule is CN1C(C(=O)Nc2ccc(F)c(Cl)c2)CC(c2n[nH]c(=O)n2Cc2ccccc2)NS1(=O)=O. The van der Waals surface area contributed by atoms with Crippen LogP contribution in [0, 0.1) is 5.82 Å². The molecule has 1 amide bonds. The van der Waals surface area contributed by atoms with Gasteiger partial charge in [-0.1, -0.05) is 41.9 Å². The summed E-state index contributed by atoms with van der Waals surface area (Å²) < 4.78 is 43.6. The van der Waals surface area contributed by atoms with E-state index in [1.807, 2.05) is 30.3 Å². The molecule has 0 aliphatic carbocycles. The normalized spacial score (nSPS) is 20.5. The quantitative estimate of drug-likeness (QED) is 0.496. The Balaban J connectivity index is 1.61. The third-order valence-corrected chi connectivity index (χ3v) is 7.23. The second kappa shape index (κ2) is 9.06. The Bertz CT molecular complexity index is 1340. The van der Waals surface area contributed by atoms with Gasteiger partial charge in [0, 0.05) is 12.7 Å². The Hall–Kier alpha value is -3.06. The Morgan fingerprint density at radius 1 is 1.27 bits per heavy atom. The number of aromatic nitrogens is 3. The number of aromatic amines is 1. The number of halogens is 2. The van der Waals surface area contributed by atoms with Gasteiger partial charge >= 0.3 is 5.69 Å². The summed E-state index contributed by atoms with van der Waals surface area (Å²) in [5.74, 6) is -1.13. The van der Waals surface area contributed by atoms with E-state index in [4.69, 9.17) is 11.6 Å². The lowest BCUT2D eigenvalue weighted by Gasteiger charge is -2.35. The highest BCUT2D eigenvalue weighted by Crippen LogP contribution is 2.28. The topological polar surface area (TPSA) is 129 Å². The number of hydrogen-bond acceptors (Lipinski definition) is 5. The molecule has 33 heavy (non-hydrogen) atoms. The fourth-order valence-corrected chi connectivity index (χ4v) is 5.02. The van der Waals surface area contributed by atoms with E-state index in [2.05, 4.69) is 20.2 Å². The maximum absolute atomic E-state index is 13.4. The molecule has 0 saturated carbocycles. The summed E-state index contributed by atoms with van der Waals surface area (Å²) in [5.41, 5.74) is 0.530. The van der Waals surface area contributed by atoms with Gasteiger partial charge in [-0.3, -0.25) is 9.36 Å². The van der Waals surface area contributed by atoms with Gasteiger partial charge in [0.2, 0.25) is 5.91 Å². The van der Waals surface area contributed by atoms with Crippen LogP contribution in [-0.4, -0.2) is 46.5 Å². The van der Waals surface area contributed by atoms with Crippen LogP contribution in [0.3, 0.4) is 0 Å². The van der Waals surface area contributed by atoms with Crippen LogP contribution in [0.25, 0.3) is 0 Å². The van der Waals surface area contributed by atoms with Crippen LogP contribution < -0.4 is 15.7 Å². The Morgan fingerprint density at radius 3 is 2.70 bits per heavy atom. The summed E-state index contributed by atoms with van der Waals surface area (Å²) in [6.45, 7) is 0.171. The number of amides is 1. The summed E-state index contributed by atoms with van der Waals surface area (Å²) in [6, 6.07) is 10.7. The minimum atomic E-state index is -4.07. The van der Waals surface area contributed by atoms with Crippen molar-refractivity contribution in [2.45, 2.75) is 25.0 Å². The van der Waals surface area contributed by atoms with Crippen LogP contribution >= 0.6 is 11.6 Å². The first-order valence-electron chi connectivity index (χ1n) is 9.86. The highest BCUT2D eigenvalue weighted by Gasteiger charge is 2.42. The standard InChI is InChI=1S/C20H20ClFN6O4S/c1-27-17(19(29)23-13-7-8-15(22)14(21)9-13)10-16(26-33(27,31)32)18-24-25-20(30)28(18)11-12-5-3-2-4-6-12/h2-9,16-17,26H,10-11H2,1H3,(H,23,29)(H,25,30). The predicted molar refractivity (Wildman–Crippen MR) is 119 cm³/mol. The molecule has 2 unspecified atom stereocenters. The van der Waals surface area contributed by atoms with Gasteiger partial charge in [0.25, 0.3) is 10.2 Å². The first-order valence-corrected chi connectivity index (χ1v) is 11.7. The second-order valence-corrected chi connectivity index (χ2v) is 9.69. The van der Waals surface area contributed by atoms with E-state index in [1.54, 1.807) is 0 Å². The Labute approximate surface area is 193 Å². The molecular weight excluding hydrogens is 475 g/mol. The zero-order chi connectivity index (χ0) is 23.8. The molecule has 3 aromatic rings. The van der Waals surface area contributed by atoms with Gasteiger partial charge in [-0.2, -0.15) is 22.5 Å². The third kappa shape index (κ3) is 4.83. The van der Waals surface area contributed by atoms with E-state index in [-0.39, 0.29) is 29.5 Å². The zero-order valence-corrected chi connectivity index (χ0v) is 18.9. The highest BCUT2D eigenvalue weighted by molar-refractivity contribution is 7.87. The number of nitrogens with zero attached hydrogens (tertiary/aromatic N) is 3. The Morgan fingerprint density at radius 2 is 2.00 bits per heavy atom. The third-order valence-electron chi connectivity index (χ3n) is 5.34. The van der Waals surface area contributed by atoms with Crippen molar-refractivity contribution in [3.8, 4) is 0 Å². The molecule has 1 fully saturated rings. The molecule has 1 saturated heterocycles. The first-order chi connectivity index (χ1) is 15.7. The molecule has 3 N–H and O–H groups in total. The number of carbonyl (C=O) groups excluding carboxylic acids is 1. The number of hydrogen-bond donors (Lipinski definition) is 3. The summed E-state index contributed by atoms with van der Waals surface area (Å²) in [6.07, 6.45) is -0.00439. The molecule has 2 heterocycles. The molecule has 4 rings (SSSR count). The maximum Gasteiger partial charge on any atom is 0.343 e. The maximum atomic E-state index is 13.4. The molecule has 0 spiro atoms. The average Bonchev–Trinajstić information content (AvgIpc) is 3.13. The fraction of sp³-hybridized carbons (Fsp3) is 0.250. The second-order valence-electron chi connectivity index (χ2n) is 7.52. The monoisotopic (exact) mass is 494 g/mol. The van der Waals surface area contributed by atoms with Gasteiger partial charge in [-0.25, -0.2) is 14.3 Å².